The van der Waals surface area contributed by atoms with E-state index in [0.29, 0.717) is 11.4 Å². The lowest BCUT2D eigenvalue weighted by molar-refractivity contribution is 0.232. The lowest BCUT2D eigenvalue weighted by atomic mass is 9.81. The van der Waals surface area contributed by atoms with E-state index in [-0.39, 0.29) is 10.8 Å². The van der Waals surface area contributed by atoms with Crippen molar-refractivity contribution in [2.45, 2.75) is 50.8 Å². The first-order chi connectivity index (χ1) is 10.1. The molecule has 5 heteroatoms. The van der Waals surface area contributed by atoms with Gasteiger partial charge in [0.05, 0.1) is 4.90 Å². The Labute approximate surface area is 134 Å². The van der Waals surface area contributed by atoms with E-state index in [1.54, 1.807) is 12.1 Å². The molecule has 1 aromatic carbocycles. The lowest BCUT2D eigenvalue weighted by Gasteiger charge is -2.34. The summed E-state index contributed by atoms with van der Waals surface area (Å²) >= 11 is 0. The third-order valence-corrected chi connectivity index (χ3v) is 5.95. The van der Waals surface area contributed by atoms with Crippen LogP contribution in [0.5, 0.6) is 0 Å². The highest BCUT2D eigenvalue weighted by Gasteiger charge is 2.28. The molecule has 0 unspecified atom stereocenters. The first kappa shape index (κ1) is 17.4. The highest BCUT2D eigenvalue weighted by Crippen LogP contribution is 2.28. The highest BCUT2D eigenvalue weighted by atomic mass is 32.2. The quantitative estimate of drug-likeness (QED) is 0.895. The molecule has 0 spiro atoms. The maximum atomic E-state index is 12.5. The fourth-order valence-corrected chi connectivity index (χ4v) is 3.89. The predicted molar refractivity (Wildman–Crippen MR) is 90.5 cm³/mol. The maximum absolute atomic E-state index is 12.5. The first-order valence-corrected chi connectivity index (χ1v) is 9.42. The molecule has 1 aliphatic rings. The summed E-state index contributed by atoms with van der Waals surface area (Å²) in [7, 11) is -3.43. The Bertz CT molecular complexity index is 595. The molecule has 2 N–H and O–H groups in total. The Balaban J connectivity index is 2.07. The van der Waals surface area contributed by atoms with Crippen LogP contribution < -0.4 is 10.0 Å². The van der Waals surface area contributed by atoms with Crippen molar-refractivity contribution in [2.75, 3.05) is 19.6 Å². The van der Waals surface area contributed by atoms with E-state index in [4.69, 9.17) is 0 Å². The Morgan fingerprint density at radius 3 is 2.18 bits per heavy atom. The zero-order valence-corrected chi connectivity index (χ0v) is 14.9. The van der Waals surface area contributed by atoms with E-state index in [1.807, 2.05) is 12.1 Å². The van der Waals surface area contributed by atoms with Crippen molar-refractivity contribution in [2.24, 2.45) is 5.41 Å². The standard InChI is InChI=1S/C17H28N2O2S/c1-16(2,3)14-5-7-15(8-6-14)22(20,21)19-13-17(4)9-11-18-12-10-17/h5-8,18-19H,9-13H2,1-4H3. The molecule has 0 aromatic heterocycles. The van der Waals surface area contributed by atoms with Gasteiger partial charge < -0.3 is 5.32 Å². The Morgan fingerprint density at radius 1 is 1.14 bits per heavy atom. The van der Waals surface area contributed by atoms with E-state index in [9.17, 15) is 8.42 Å². The van der Waals surface area contributed by atoms with Gasteiger partial charge in [0.2, 0.25) is 10.0 Å². The van der Waals surface area contributed by atoms with Crippen LogP contribution in [0.2, 0.25) is 0 Å². The molecule has 0 atom stereocenters. The van der Waals surface area contributed by atoms with Crippen molar-refractivity contribution < 1.29 is 8.42 Å². The van der Waals surface area contributed by atoms with E-state index in [2.05, 4.69) is 37.7 Å². The van der Waals surface area contributed by atoms with Gasteiger partial charge in [-0.3, -0.25) is 0 Å². The molecule has 1 aliphatic heterocycles. The first-order valence-electron chi connectivity index (χ1n) is 7.93. The molecule has 1 fully saturated rings. The molecule has 1 aromatic rings. The summed E-state index contributed by atoms with van der Waals surface area (Å²) in [5.41, 5.74) is 1.21. The minimum Gasteiger partial charge on any atom is -0.317 e. The van der Waals surface area contributed by atoms with Gasteiger partial charge in [0.1, 0.15) is 0 Å². The molecule has 2 rings (SSSR count). The molecule has 1 heterocycles. The van der Waals surface area contributed by atoms with E-state index < -0.39 is 10.0 Å². The van der Waals surface area contributed by atoms with Crippen LogP contribution in [0.15, 0.2) is 29.2 Å². The monoisotopic (exact) mass is 324 g/mol. The van der Waals surface area contributed by atoms with Gasteiger partial charge in [-0.2, -0.15) is 0 Å². The average Bonchev–Trinajstić information content (AvgIpc) is 2.46. The fourth-order valence-electron chi connectivity index (χ4n) is 2.69. The molecule has 0 amide bonds. The zero-order valence-electron chi connectivity index (χ0n) is 14.1. The summed E-state index contributed by atoms with van der Waals surface area (Å²) in [5.74, 6) is 0. The molecule has 124 valence electrons. The fraction of sp³-hybridized carbons (Fsp3) is 0.647. The molecule has 0 aliphatic carbocycles. The van der Waals surface area contributed by atoms with Gasteiger partial charge in [0.25, 0.3) is 0 Å². The SMILES string of the molecule is CC1(CNS(=O)(=O)c2ccc(C(C)(C)C)cc2)CCNCC1. The van der Waals surface area contributed by atoms with Crippen molar-refractivity contribution in [1.29, 1.82) is 0 Å². The van der Waals surface area contributed by atoms with Gasteiger partial charge in [-0.15, -0.1) is 0 Å². The molecule has 4 nitrogen and oxygen atoms in total. The second kappa shape index (κ2) is 6.30. The summed E-state index contributed by atoms with van der Waals surface area (Å²) < 4.78 is 27.7. The van der Waals surface area contributed by atoms with Crippen molar-refractivity contribution >= 4 is 10.0 Å². The Hall–Kier alpha value is -0.910. The van der Waals surface area contributed by atoms with Crippen molar-refractivity contribution in [1.82, 2.24) is 10.0 Å². The molecule has 1 saturated heterocycles. The largest absolute Gasteiger partial charge is 0.317 e. The maximum Gasteiger partial charge on any atom is 0.240 e. The van der Waals surface area contributed by atoms with Gasteiger partial charge in [-0.05, 0) is 54.5 Å². The summed E-state index contributed by atoms with van der Waals surface area (Å²) in [6.07, 6.45) is 2.00. The zero-order chi connectivity index (χ0) is 16.4. The predicted octanol–water partition coefficient (Wildman–Crippen LogP) is 2.65. The van der Waals surface area contributed by atoms with Crippen LogP contribution in [0, 0.1) is 5.41 Å². The number of rotatable bonds is 4. The van der Waals surface area contributed by atoms with Crippen LogP contribution in [-0.4, -0.2) is 28.1 Å². The number of hydrogen-bond acceptors (Lipinski definition) is 3. The van der Waals surface area contributed by atoms with Crippen LogP contribution in [0.25, 0.3) is 0 Å². The molecular formula is C17H28N2O2S. The van der Waals surface area contributed by atoms with Gasteiger partial charge in [0.15, 0.2) is 0 Å². The van der Waals surface area contributed by atoms with Crippen LogP contribution >= 0.6 is 0 Å². The molecule has 0 bridgehead atoms. The van der Waals surface area contributed by atoms with Gasteiger partial charge in [-0.1, -0.05) is 39.8 Å². The highest BCUT2D eigenvalue weighted by molar-refractivity contribution is 7.89. The number of nitrogens with one attached hydrogen (secondary N) is 2. The Kier molecular flexibility index (Phi) is 5.00. The van der Waals surface area contributed by atoms with Crippen molar-refractivity contribution in [3.8, 4) is 0 Å². The van der Waals surface area contributed by atoms with Gasteiger partial charge in [0, 0.05) is 6.54 Å². The number of benzene rings is 1. The molecule has 0 saturated carbocycles. The molecule has 0 radical (unpaired) electrons. The Morgan fingerprint density at radius 2 is 1.68 bits per heavy atom. The summed E-state index contributed by atoms with van der Waals surface area (Å²) in [5, 5.41) is 3.31. The molecular weight excluding hydrogens is 296 g/mol. The second-order valence-corrected chi connectivity index (χ2v) is 9.43. The number of piperidine rings is 1. The van der Waals surface area contributed by atoms with Gasteiger partial charge in [-0.25, -0.2) is 13.1 Å². The summed E-state index contributed by atoms with van der Waals surface area (Å²) in [6.45, 7) is 10.9. The normalized spacial score (nSPS) is 19.1. The van der Waals surface area contributed by atoms with Crippen LogP contribution in [-0.2, 0) is 15.4 Å². The number of sulfonamides is 1. The van der Waals surface area contributed by atoms with E-state index in [0.717, 1.165) is 31.5 Å². The lowest BCUT2D eigenvalue weighted by Crippen LogP contribution is -2.42. The molecule has 22 heavy (non-hydrogen) atoms. The summed E-state index contributed by atoms with van der Waals surface area (Å²) in [4.78, 5) is 0.345. The van der Waals surface area contributed by atoms with Crippen LogP contribution in [0.1, 0.15) is 46.1 Å². The minimum atomic E-state index is -3.43. The van der Waals surface area contributed by atoms with Crippen molar-refractivity contribution in [3.63, 3.8) is 0 Å². The van der Waals surface area contributed by atoms with Crippen LogP contribution in [0.4, 0.5) is 0 Å². The van der Waals surface area contributed by atoms with Crippen molar-refractivity contribution in [3.05, 3.63) is 29.8 Å². The van der Waals surface area contributed by atoms with Crippen LogP contribution in [0.3, 0.4) is 0 Å². The topological polar surface area (TPSA) is 58.2 Å². The summed E-state index contributed by atoms with van der Waals surface area (Å²) in [6, 6.07) is 7.21. The van der Waals surface area contributed by atoms with E-state index in [1.165, 1.54) is 0 Å². The third kappa shape index (κ3) is 4.31. The van der Waals surface area contributed by atoms with Gasteiger partial charge >= 0.3 is 0 Å². The number of hydrogen-bond donors (Lipinski definition) is 2. The average molecular weight is 324 g/mol. The second-order valence-electron chi connectivity index (χ2n) is 7.66. The smallest absolute Gasteiger partial charge is 0.240 e. The van der Waals surface area contributed by atoms with E-state index >= 15 is 0 Å². The minimum absolute atomic E-state index is 0.0261. The third-order valence-electron chi connectivity index (χ3n) is 4.53.